The Morgan fingerprint density at radius 1 is 1.19 bits per heavy atom. The van der Waals surface area contributed by atoms with E-state index in [4.69, 9.17) is 0 Å². The van der Waals surface area contributed by atoms with Crippen LogP contribution >= 0.6 is 0 Å². The van der Waals surface area contributed by atoms with Gasteiger partial charge in [-0.05, 0) is 37.3 Å². The van der Waals surface area contributed by atoms with Gasteiger partial charge < -0.3 is 10.3 Å². The molecule has 1 amide bonds. The van der Waals surface area contributed by atoms with Crippen LogP contribution in [0.15, 0.2) is 53.6 Å². The normalized spacial score (nSPS) is 10.5. The number of aromatic nitrogens is 2. The lowest BCUT2D eigenvalue weighted by Gasteiger charge is -2.08. The van der Waals surface area contributed by atoms with Crippen molar-refractivity contribution in [2.45, 2.75) is 6.92 Å². The van der Waals surface area contributed by atoms with Gasteiger partial charge in [-0.15, -0.1) is 0 Å². The Kier molecular flexibility index (Phi) is 3.23. The molecule has 1 aromatic carbocycles. The lowest BCUT2D eigenvalue weighted by Crippen LogP contribution is -2.13. The summed E-state index contributed by atoms with van der Waals surface area (Å²) < 4.78 is 0. The van der Waals surface area contributed by atoms with Gasteiger partial charge in [0, 0.05) is 40.1 Å². The number of nitrogens with zero attached hydrogens (tertiary/aromatic N) is 1. The number of pyridine rings is 2. The van der Waals surface area contributed by atoms with Gasteiger partial charge in [0.15, 0.2) is 0 Å². The molecule has 0 atom stereocenters. The molecule has 0 saturated carbocycles. The van der Waals surface area contributed by atoms with Crippen LogP contribution in [0.5, 0.6) is 0 Å². The van der Waals surface area contributed by atoms with Gasteiger partial charge >= 0.3 is 0 Å². The van der Waals surface area contributed by atoms with Crippen LogP contribution in [0, 0.1) is 6.92 Å². The fraction of sp³-hybridized carbons (Fsp3) is 0.0625. The van der Waals surface area contributed by atoms with Crippen LogP contribution in [0.2, 0.25) is 0 Å². The third kappa shape index (κ3) is 2.53. The van der Waals surface area contributed by atoms with E-state index in [-0.39, 0.29) is 11.5 Å². The third-order valence-corrected chi connectivity index (χ3v) is 3.22. The third-order valence-electron chi connectivity index (χ3n) is 3.22. The first kappa shape index (κ1) is 13.1. The number of carbonyl (C=O) groups excluding carboxylic acids is 1. The minimum Gasteiger partial charge on any atom is -0.329 e. The van der Waals surface area contributed by atoms with Gasteiger partial charge in [-0.25, -0.2) is 0 Å². The first-order valence-corrected chi connectivity index (χ1v) is 6.49. The summed E-state index contributed by atoms with van der Waals surface area (Å²) in [6.07, 6.45) is 3.16. The fourth-order valence-electron chi connectivity index (χ4n) is 2.21. The lowest BCUT2D eigenvalue weighted by molar-refractivity contribution is 0.102. The number of aryl methyl sites for hydroxylation is 1. The number of nitrogens with one attached hydrogen (secondary N) is 2. The van der Waals surface area contributed by atoms with Crippen molar-refractivity contribution in [1.82, 2.24) is 9.97 Å². The maximum atomic E-state index is 12.3. The zero-order chi connectivity index (χ0) is 14.8. The molecule has 21 heavy (non-hydrogen) atoms. The highest BCUT2D eigenvalue weighted by molar-refractivity contribution is 6.08. The van der Waals surface area contributed by atoms with E-state index in [0.29, 0.717) is 22.0 Å². The van der Waals surface area contributed by atoms with E-state index < -0.39 is 0 Å². The van der Waals surface area contributed by atoms with E-state index in [0.717, 1.165) is 5.69 Å². The standard InChI is InChI=1S/C16H13N3O2/c1-10-9-11(5-7-17-10)15(20)19-14-4-2-3-13-12(14)6-8-18-16(13)21/h2-9H,1H3,(H,18,21)(H,19,20). The molecule has 0 aliphatic carbocycles. The van der Waals surface area contributed by atoms with Crippen molar-refractivity contribution >= 4 is 22.4 Å². The minimum atomic E-state index is -0.228. The molecule has 0 fully saturated rings. The van der Waals surface area contributed by atoms with Gasteiger partial charge in [-0.1, -0.05) is 6.07 Å². The SMILES string of the molecule is Cc1cc(C(=O)Nc2cccc3c(=O)[nH]ccc23)ccn1. The van der Waals surface area contributed by atoms with Gasteiger partial charge in [0.2, 0.25) is 0 Å². The second kappa shape index (κ2) is 5.20. The Morgan fingerprint density at radius 2 is 2.05 bits per heavy atom. The molecule has 0 unspecified atom stereocenters. The molecule has 104 valence electrons. The Hall–Kier alpha value is -2.95. The van der Waals surface area contributed by atoms with Crippen LogP contribution in [0.25, 0.3) is 10.8 Å². The molecule has 2 heterocycles. The molecule has 5 nitrogen and oxygen atoms in total. The van der Waals surface area contributed by atoms with Crippen molar-refractivity contribution in [2.24, 2.45) is 0 Å². The van der Waals surface area contributed by atoms with Crippen LogP contribution in [0.4, 0.5) is 5.69 Å². The number of hydrogen-bond acceptors (Lipinski definition) is 3. The van der Waals surface area contributed by atoms with Gasteiger partial charge in [0.1, 0.15) is 0 Å². The fourth-order valence-corrected chi connectivity index (χ4v) is 2.21. The quantitative estimate of drug-likeness (QED) is 0.756. The van der Waals surface area contributed by atoms with Gasteiger partial charge in [0.25, 0.3) is 11.5 Å². The molecular formula is C16H13N3O2. The highest BCUT2D eigenvalue weighted by Gasteiger charge is 2.09. The molecule has 3 rings (SSSR count). The number of H-pyrrole nitrogens is 1. The maximum absolute atomic E-state index is 12.3. The predicted molar refractivity (Wildman–Crippen MR) is 81.5 cm³/mol. The molecule has 0 aliphatic heterocycles. The zero-order valence-electron chi connectivity index (χ0n) is 11.4. The number of benzene rings is 1. The van der Waals surface area contributed by atoms with E-state index in [9.17, 15) is 9.59 Å². The smallest absolute Gasteiger partial charge is 0.255 e. The molecule has 0 aliphatic rings. The van der Waals surface area contributed by atoms with Crippen molar-refractivity contribution in [3.8, 4) is 0 Å². The van der Waals surface area contributed by atoms with E-state index in [1.165, 1.54) is 0 Å². The molecule has 3 aromatic rings. The number of amides is 1. The number of hydrogen-bond donors (Lipinski definition) is 2. The highest BCUT2D eigenvalue weighted by Crippen LogP contribution is 2.20. The Bertz CT molecular complexity index is 884. The van der Waals surface area contributed by atoms with E-state index in [1.807, 2.05) is 6.92 Å². The summed E-state index contributed by atoms with van der Waals surface area (Å²) in [6, 6.07) is 10.4. The van der Waals surface area contributed by atoms with Gasteiger partial charge in [-0.2, -0.15) is 0 Å². The molecular weight excluding hydrogens is 266 g/mol. The Morgan fingerprint density at radius 3 is 2.86 bits per heavy atom. The summed E-state index contributed by atoms with van der Waals surface area (Å²) >= 11 is 0. The van der Waals surface area contributed by atoms with Crippen molar-refractivity contribution in [3.05, 3.63) is 70.4 Å². The molecule has 2 N–H and O–H groups in total. The summed E-state index contributed by atoms with van der Waals surface area (Å²) in [5.41, 5.74) is 1.74. The molecule has 0 radical (unpaired) electrons. The van der Waals surface area contributed by atoms with Crippen molar-refractivity contribution in [1.29, 1.82) is 0 Å². The summed E-state index contributed by atoms with van der Waals surface area (Å²) in [4.78, 5) is 30.7. The van der Waals surface area contributed by atoms with Crippen LogP contribution in [0.3, 0.4) is 0 Å². The second-order valence-electron chi connectivity index (χ2n) is 4.71. The number of fused-ring (bicyclic) bond motifs is 1. The second-order valence-corrected chi connectivity index (χ2v) is 4.71. The van der Waals surface area contributed by atoms with E-state index >= 15 is 0 Å². The van der Waals surface area contributed by atoms with Crippen LogP contribution in [-0.2, 0) is 0 Å². The molecule has 5 heteroatoms. The summed E-state index contributed by atoms with van der Waals surface area (Å²) in [7, 11) is 0. The largest absolute Gasteiger partial charge is 0.329 e. The first-order chi connectivity index (χ1) is 10.1. The summed E-state index contributed by atoms with van der Waals surface area (Å²) in [6.45, 7) is 1.83. The molecule has 0 saturated heterocycles. The number of carbonyl (C=O) groups is 1. The van der Waals surface area contributed by atoms with Crippen molar-refractivity contribution in [2.75, 3.05) is 5.32 Å². The first-order valence-electron chi connectivity index (χ1n) is 6.49. The predicted octanol–water partition coefficient (Wildman–Crippen LogP) is 2.48. The Balaban J connectivity index is 2.01. The van der Waals surface area contributed by atoms with Crippen LogP contribution in [-0.4, -0.2) is 15.9 Å². The highest BCUT2D eigenvalue weighted by atomic mass is 16.1. The lowest BCUT2D eigenvalue weighted by atomic mass is 10.1. The van der Waals surface area contributed by atoms with Crippen LogP contribution < -0.4 is 10.9 Å². The molecule has 0 spiro atoms. The van der Waals surface area contributed by atoms with E-state index in [2.05, 4.69) is 15.3 Å². The average Bonchev–Trinajstić information content (AvgIpc) is 2.48. The van der Waals surface area contributed by atoms with Crippen LogP contribution in [0.1, 0.15) is 16.1 Å². The summed E-state index contributed by atoms with van der Waals surface area (Å²) in [5, 5.41) is 4.09. The van der Waals surface area contributed by atoms with Gasteiger partial charge in [0.05, 0.1) is 0 Å². The van der Waals surface area contributed by atoms with Crippen molar-refractivity contribution < 1.29 is 4.79 Å². The average molecular weight is 279 g/mol. The monoisotopic (exact) mass is 279 g/mol. The number of aromatic amines is 1. The zero-order valence-corrected chi connectivity index (χ0v) is 11.4. The Labute approximate surface area is 120 Å². The topological polar surface area (TPSA) is 74.8 Å². The number of rotatable bonds is 2. The number of anilines is 1. The van der Waals surface area contributed by atoms with Gasteiger partial charge in [-0.3, -0.25) is 14.6 Å². The summed E-state index contributed by atoms with van der Waals surface area (Å²) in [5.74, 6) is -0.228. The maximum Gasteiger partial charge on any atom is 0.255 e. The van der Waals surface area contributed by atoms with E-state index in [1.54, 1.807) is 48.8 Å². The van der Waals surface area contributed by atoms with Crippen molar-refractivity contribution in [3.63, 3.8) is 0 Å². The molecule has 2 aromatic heterocycles. The minimum absolute atomic E-state index is 0.177. The molecule has 0 bridgehead atoms.